The number of aromatic nitrogens is 2. The average Bonchev–Trinajstić information content (AvgIpc) is 2.63. The molecule has 0 saturated carbocycles. The van der Waals surface area contributed by atoms with E-state index >= 15 is 0 Å². The SMILES string of the molecule is CC(=O)c1cccc(Nc2ccnc(Nc3ccccc3OC(C)C)n2)c1. The monoisotopic (exact) mass is 362 g/mol. The molecule has 0 aliphatic carbocycles. The van der Waals surface area contributed by atoms with E-state index in [-0.39, 0.29) is 11.9 Å². The molecule has 138 valence electrons. The van der Waals surface area contributed by atoms with Gasteiger partial charge in [0.2, 0.25) is 5.95 Å². The van der Waals surface area contributed by atoms with Crippen molar-refractivity contribution in [2.75, 3.05) is 10.6 Å². The minimum Gasteiger partial charge on any atom is -0.489 e. The summed E-state index contributed by atoms with van der Waals surface area (Å²) in [5, 5.41) is 6.39. The van der Waals surface area contributed by atoms with Crippen LogP contribution in [0.15, 0.2) is 60.8 Å². The van der Waals surface area contributed by atoms with Crippen molar-refractivity contribution in [1.82, 2.24) is 9.97 Å². The van der Waals surface area contributed by atoms with Gasteiger partial charge in [0.05, 0.1) is 11.8 Å². The van der Waals surface area contributed by atoms with Gasteiger partial charge in [-0.05, 0) is 51.1 Å². The predicted octanol–water partition coefficient (Wildman–Crippen LogP) is 4.95. The molecule has 0 spiro atoms. The molecule has 0 aliphatic rings. The molecule has 0 fully saturated rings. The molecule has 0 radical (unpaired) electrons. The first-order valence-electron chi connectivity index (χ1n) is 8.75. The first kappa shape index (κ1) is 18.4. The van der Waals surface area contributed by atoms with Gasteiger partial charge in [-0.2, -0.15) is 4.98 Å². The molecule has 0 amide bonds. The molecule has 0 unspecified atom stereocenters. The van der Waals surface area contributed by atoms with E-state index in [0.29, 0.717) is 17.3 Å². The Labute approximate surface area is 158 Å². The summed E-state index contributed by atoms with van der Waals surface area (Å²) in [6.07, 6.45) is 1.73. The van der Waals surface area contributed by atoms with Crippen LogP contribution in [0, 0.1) is 0 Å². The van der Waals surface area contributed by atoms with Crippen molar-refractivity contribution < 1.29 is 9.53 Å². The van der Waals surface area contributed by atoms with E-state index in [0.717, 1.165) is 17.1 Å². The summed E-state index contributed by atoms with van der Waals surface area (Å²) in [5.41, 5.74) is 2.23. The zero-order chi connectivity index (χ0) is 19.2. The summed E-state index contributed by atoms with van der Waals surface area (Å²) >= 11 is 0. The highest BCUT2D eigenvalue weighted by Gasteiger charge is 2.08. The number of carbonyl (C=O) groups excluding carboxylic acids is 1. The third-order valence-corrected chi connectivity index (χ3v) is 3.69. The Morgan fingerprint density at radius 2 is 1.85 bits per heavy atom. The standard InChI is InChI=1S/C21H22N4O2/c1-14(2)27-19-10-5-4-9-18(19)24-21-22-12-11-20(25-21)23-17-8-6-7-16(13-17)15(3)26/h4-14H,1-3H3,(H2,22,23,24,25). The van der Waals surface area contributed by atoms with Crippen molar-refractivity contribution in [3.63, 3.8) is 0 Å². The molecule has 0 saturated heterocycles. The first-order valence-corrected chi connectivity index (χ1v) is 8.75. The summed E-state index contributed by atoms with van der Waals surface area (Å²) < 4.78 is 5.81. The van der Waals surface area contributed by atoms with Gasteiger partial charge in [0.25, 0.3) is 0 Å². The molecule has 6 heteroatoms. The summed E-state index contributed by atoms with van der Waals surface area (Å²) in [6.45, 7) is 5.50. The fourth-order valence-electron chi connectivity index (χ4n) is 2.50. The number of nitrogens with one attached hydrogen (secondary N) is 2. The fourth-order valence-corrected chi connectivity index (χ4v) is 2.50. The summed E-state index contributed by atoms with van der Waals surface area (Å²) in [4.78, 5) is 20.3. The van der Waals surface area contributed by atoms with Crippen LogP contribution in [0.5, 0.6) is 5.75 Å². The molecule has 27 heavy (non-hydrogen) atoms. The number of anilines is 4. The van der Waals surface area contributed by atoms with Gasteiger partial charge in [-0.3, -0.25) is 4.79 Å². The second-order valence-electron chi connectivity index (χ2n) is 6.32. The van der Waals surface area contributed by atoms with Crippen LogP contribution in [0.3, 0.4) is 0 Å². The lowest BCUT2D eigenvalue weighted by Gasteiger charge is -2.15. The van der Waals surface area contributed by atoms with Crippen LogP contribution >= 0.6 is 0 Å². The molecule has 6 nitrogen and oxygen atoms in total. The molecule has 0 bridgehead atoms. The molecular formula is C21H22N4O2. The van der Waals surface area contributed by atoms with E-state index in [1.807, 2.05) is 50.2 Å². The van der Waals surface area contributed by atoms with E-state index in [9.17, 15) is 4.79 Å². The van der Waals surface area contributed by atoms with Gasteiger partial charge in [-0.15, -0.1) is 0 Å². The third-order valence-electron chi connectivity index (χ3n) is 3.69. The van der Waals surface area contributed by atoms with Crippen LogP contribution in [0.4, 0.5) is 23.1 Å². The molecule has 1 aromatic heterocycles. The van der Waals surface area contributed by atoms with Crippen molar-refractivity contribution in [3.8, 4) is 5.75 Å². The second-order valence-corrected chi connectivity index (χ2v) is 6.32. The maximum Gasteiger partial charge on any atom is 0.229 e. The van der Waals surface area contributed by atoms with Crippen LogP contribution in [0.25, 0.3) is 0 Å². The Balaban J connectivity index is 1.79. The van der Waals surface area contributed by atoms with E-state index < -0.39 is 0 Å². The van der Waals surface area contributed by atoms with E-state index in [1.54, 1.807) is 31.3 Å². The smallest absolute Gasteiger partial charge is 0.229 e. The number of nitrogens with zero attached hydrogens (tertiary/aromatic N) is 2. The van der Waals surface area contributed by atoms with Gasteiger partial charge in [-0.1, -0.05) is 24.3 Å². The lowest BCUT2D eigenvalue weighted by atomic mass is 10.1. The molecule has 0 aliphatic heterocycles. The fraction of sp³-hybridized carbons (Fsp3) is 0.190. The number of hydrogen-bond donors (Lipinski definition) is 2. The predicted molar refractivity (Wildman–Crippen MR) is 107 cm³/mol. The minimum absolute atomic E-state index is 0.0189. The van der Waals surface area contributed by atoms with Crippen molar-refractivity contribution in [1.29, 1.82) is 0 Å². The summed E-state index contributed by atoms with van der Waals surface area (Å²) in [7, 11) is 0. The van der Waals surface area contributed by atoms with Crippen molar-refractivity contribution in [2.24, 2.45) is 0 Å². The number of benzene rings is 2. The minimum atomic E-state index is 0.0189. The molecule has 1 heterocycles. The lowest BCUT2D eigenvalue weighted by Crippen LogP contribution is -2.08. The Hall–Kier alpha value is -3.41. The largest absolute Gasteiger partial charge is 0.489 e. The summed E-state index contributed by atoms with van der Waals surface area (Å²) in [6, 6.07) is 16.7. The molecule has 3 rings (SSSR count). The van der Waals surface area contributed by atoms with Gasteiger partial charge in [0, 0.05) is 17.4 Å². The normalized spacial score (nSPS) is 10.5. The molecule has 3 aromatic rings. The zero-order valence-electron chi connectivity index (χ0n) is 15.6. The number of Topliss-reactive ketones (excluding diaryl/α,β-unsaturated/α-hetero) is 1. The Kier molecular flexibility index (Phi) is 5.66. The highest BCUT2D eigenvalue weighted by molar-refractivity contribution is 5.95. The van der Waals surface area contributed by atoms with Gasteiger partial charge in [0.15, 0.2) is 5.78 Å². The highest BCUT2D eigenvalue weighted by Crippen LogP contribution is 2.27. The van der Waals surface area contributed by atoms with E-state index in [4.69, 9.17) is 4.74 Å². The number of carbonyl (C=O) groups is 1. The Morgan fingerprint density at radius 3 is 2.63 bits per heavy atom. The Morgan fingerprint density at radius 1 is 1.04 bits per heavy atom. The molecule has 2 aromatic carbocycles. The van der Waals surface area contributed by atoms with Crippen LogP contribution in [0.1, 0.15) is 31.1 Å². The van der Waals surface area contributed by atoms with E-state index in [1.165, 1.54) is 0 Å². The highest BCUT2D eigenvalue weighted by atomic mass is 16.5. The van der Waals surface area contributed by atoms with Crippen molar-refractivity contribution in [3.05, 3.63) is 66.4 Å². The number of rotatable bonds is 7. The number of ketones is 1. The number of para-hydroxylation sites is 2. The molecule has 0 atom stereocenters. The maximum absolute atomic E-state index is 11.5. The van der Waals surface area contributed by atoms with Gasteiger partial charge in [-0.25, -0.2) is 4.98 Å². The number of ether oxygens (including phenoxy) is 1. The number of hydrogen-bond acceptors (Lipinski definition) is 6. The van der Waals surface area contributed by atoms with Crippen LogP contribution in [0.2, 0.25) is 0 Å². The third kappa shape index (κ3) is 5.04. The van der Waals surface area contributed by atoms with Gasteiger partial charge in [0.1, 0.15) is 11.6 Å². The topological polar surface area (TPSA) is 76.1 Å². The van der Waals surface area contributed by atoms with Gasteiger partial charge >= 0.3 is 0 Å². The van der Waals surface area contributed by atoms with E-state index in [2.05, 4.69) is 20.6 Å². The molecule has 2 N–H and O–H groups in total. The first-order chi connectivity index (χ1) is 13.0. The quantitative estimate of drug-likeness (QED) is 0.579. The van der Waals surface area contributed by atoms with Crippen LogP contribution in [-0.2, 0) is 0 Å². The van der Waals surface area contributed by atoms with Crippen LogP contribution < -0.4 is 15.4 Å². The zero-order valence-corrected chi connectivity index (χ0v) is 15.6. The summed E-state index contributed by atoms with van der Waals surface area (Å²) in [5.74, 6) is 1.83. The van der Waals surface area contributed by atoms with Crippen molar-refractivity contribution >= 4 is 28.9 Å². The second kappa shape index (κ2) is 8.31. The lowest BCUT2D eigenvalue weighted by molar-refractivity contribution is 0.101. The maximum atomic E-state index is 11.5. The Bertz CT molecular complexity index is 941. The van der Waals surface area contributed by atoms with Crippen molar-refractivity contribution in [2.45, 2.75) is 26.9 Å². The average molecular weight is 362 g/mol. The van der Waals surface area contributed by atoms with Crippen LogP contribution in [-0.4, -0.2) is 21.9 Å². The van der Waals surface area contributed by atoms with Gasteiger partial charge < -0.3 is 15.4 Å². The molecular weight excluding hydrogens is 340 g/mol.